The predicted octanol–water partition coefficient (Wildman–Crippen LogP) is 2.12. The van der Waals surface area contributed by atoms with Gasteiger partial charge < -0.3 is 14.7 Å². The number of likely N-dealkylation sites (tertiary alicyclic amines) is 1. The summed E-state index contributed by atoms with van der Waals surface area (Å²) in [6, 6.07) is 6.69. The third-order valence-corrected chi connectivity index (χ3v) is 4.38. The van der Waals surface area contributed by atoms with E-state index in [0.717, 1.165) is 0 Å². The molecule has 6 heteroatoms. The summed E-state index contributed by atoms with van der Waals surface area (Å²) in [5.41, 5.74) is -0.638. The maximum absolute atomic E-state index is 12.3. The van der Waals surface area contributed by atoms with Crippen molar-refractivity contribution in [2.75, 3.05) is 13.7 Å². The monoisotopic (exact) mass is 319 g/mol. The van der Waals surface area contributed by atoms with E-state index in [0.29, 0.717) is 30.7 Å². The summed E-state index contributed by atoms with van der Waals surface area (Å²) >= 11 is 0. The molecule has 1 aromatic carbocycles. The van der Waals surface area contributed by atoms with E-state index in [1.165, 1.54) is 4.90 Å². The van der Waals surface area contributed by atoms with Gasteiger partial charge in [-0.2, -0.15) is 0 Å². The molecule has 1 heterocycles. The van der Waals surface area contributed by atoms with Crippen LogP contribution in [-0.2, 0) is 9.59 Å². The van der Waals surface area contributed by atoms with Gasteiger partial charge in [-0.05, 0) is 44.0 Å². The molecule has 23 heavy (non-hydrogen) atoms. The average molecular weight is 319 g/mol. The van der Waals surface area contributed by atoms with Crippen molar-refractivity contribution < 1.29 is 24.2 Å². The Morgan fingerprint density at radius 2 is 1.87 bits per heavy atom. The molecule has 1 saturated heterocycles. The molecule has 0 radical (unpaired) electrons. The third-order valence-electron chi connectivity index (χ3n) is 4.38. The van der Waals surface area contributed by atoms with E-state index in [4.69, 9.17) is 4.74 Å². The van der Waals surface area contributed by atoms with Gasteiger partial charge in [0.15, 0.2) is 5.78 Å². The highest BCUT2D eigenvalue weighted by Crippen LogP contribution is 2.30. The maximum Gasteiger partial charge on any atom is 0.329 e. The molecule has 0 aliphatic carbocycles. The van der Waals surface area contributed by atoms with E-state index in [-0.39, 0.29) is 24.5 Å². The number of aliphatic carboxylic acids is 1. The highest BCUT2D eigenvalue weighted by atomic mass is 16.5. The second-order valence-corrected chi connectivity index (χ2v) is 5.88. The summed E-state index contributed by atoms with van der Waals surface area (Å²) in [4.78, 5) is 37.2. The number of carbonyl (C=O) groups excluding carboxylic acids is 2. The molecule has 1 fully saturated rings. The highest BCUT2D eigenvalue weighted by molar-refractivity contribution is 5.98. The van der Waals surface area contributed by atoms with Gasteiger partial charge >= 0.3 is 5.97 Å². The smallest absolute Gasteiger partial charge is 0.329 e. The molecule has 2 rings (SSSR count). The van der Waals surface area contributed by atoms with Crippen LogP contribution in [0.25, 0.3) is 0 Å². The zero-order chi connectivity index (χ0) is 17.0. The van der Waals surface area contributed by atoms with Gasteiger partial charge in [-0.3, -0.25) is 9.59 Å². The number of methoxy groups -OCH3 is 1. The van der Waals surface area contributed by atoms with Crippen LogP contribution in [0, 0.1) is 0 Å². The molecule has 0 aromatic heterocycles. The van der Waals surface area contributed by atoms with Crippen molar-refractivity contribution in [2.45, 2.75) is 38.1 Å². The Morgan fingerprint density at radius 3 is 2.43 bits per heavy atom. The van der Waals surface area contributed by atoms with Gasteiger partial charge in [0, 0.05) is 24.9 Å². The average Bonchev–Trinajstić information content (AvgIpc) is 2.95. The lowest BCUT2D eigenvalue weighted by Gasteiger charge is -2.31. The Morgan fingerprint density at radius 1 is 1.22 bits per heavy atom. The molecule has 1 aliphatic rings. The van der Waals surface area contributed by atoms with E-state index in [1.807, 2.05) is 0 Å². The quantitative estimate of drug-likeness (QED) is 0.812. The molecule has 1 aromatic rings. The SMILES string of the molecule is COc1ccc(C(=O)CCC(=O)N2CCCC2(C)C(=O)O)cc1. The molecule has 0 spiro atoms. The minimum atomic E-state index is -1.15. The van der Waals surface area contributed by atoms with Gasteiger partial charge in [0.1, 0.15) is 11.3 Å². The van der Waals surface area contributed by atoms with Crippen molar-refractivity contribution in [3.8, 4) is 5.75 Å². The molecule has 1 unspecified atom stereocenters. The van der Waals surface area contributed by atoms with Crippen molar-refractivity contribution in [3.63, 3.8) is 0 Å². The Labute approximate surface area is 135 Å². The Bertz CT molecular complexity index is 610. The van der Waals surface area contributed by atoms with Crippen LogP contribution in [-0.4, -0.2) is 46.9 Å². The number of carbonyl (C=O) groups is 3. The van der Waals surface area contributed by atoms with Crippen molar-refractivity contribution in [1.82, 2.24) is 4.90 Å². The van der Waals surface area contributed by atoms with Crippen LogP contribution in [0.3, 0.4) is 0 Å². The Balaban J connectivity index is 1.95. The number of ketones is 1. The number of hydrogen-bond donors (Lipinski definition) is 1. The molecule has 1 N–H and O–H groups in total. The lowest BCUT2D eigenvalue weighted by atomic mass is 9.98. The first-order chi connectivity index (χ1) is 10.9. The number of carboxylic acids is 1. The zero-order valence-electron chi connectivity index (χ0n) is 13.4. The van der Waals surface area contributed by atoms with Crippen LogP contribution in [0.15, 0.2) is 24.3 Å². The number of Topliss-reactive ketones (excluding diaryl/α,β-unsaturated/α-hetero) is 1. The number of carboxylic acid groups (broad SMARTS) is 1. The first-order valence-corrected chi connectivity index (χ1v) is 7.59. The van der Waals surface area contributed by atoms with Crippen molar-refractivity contribution >= 4 is 17.7 Å². The molecule has 0 bridgehead atoms. The van der Waals surface area contributed by atoms with Crippen LogP contribution in [0.2, 0.25) is 0 Å². The van der Waals surface area contributed by atoms with Gasteiger partial charge in [-0.25, -0.2) is 4.79 Å². The van der Waals surface area contributed by atoms with Crippen LogP contribution >= 0.6 is 0 Å². The Hall–Kier alpha value is -2.37. The van der Waals surface area contributed by atoms with Gasteiger partial charge in [0.2, 0.25) is 5.91 Å². The van der Waals surface area contributed by atoms with Crippen LogP contribution in [0.4, 0.5) is 0 Å². The minimum absolute atomic E-state index is 0.0216. The number of amides is 1. The molecular weight excluding hydrogens is 298 g/mol. The van der Waals surface area contributed by atoms with Gasteiger partial charge in [0.25, 0.3) is 0 Å². The number of ether oxygens (including phenoxy) is 1. The Kier molecular flexibility index (Phi) is 5.03. The molecule has 1 amide bonds. The molecular formula is C17H21NO5. The van der Waals surface area contributed by atoms with E-state index >= 15 is 0 Å². The molecule has 0 saturated carbocycles. The van der Waals surface area contributed by atoms with Crippen LogP contribution in [0.5, 0.6) is 5.75 Å². The molecule has 6 nitrogen and oxygen atoms in total. The fourth-order valence-corrected chi connectivity index (χ4v) is 2.86. The number of rotatable bonds is 6. The normalized spacial score (nSPS) is 20.3. The van der Waals surface area contributed by atoms with Crippen molar-refractivity contribution in [1.29, 1.82) is 0 Å². The number of benzene rings is 1. The topological polar surface area (TPSA) is 83.9 Å². The second-order valence-electron chi connectivity index (χ2n) is 5.88. The summed E-state index contributed by atoms with van der Waals surface area (Å²) in [6.45, 7) is 1.99. The first-order valence-electron chi connectivity index (χ1n) is 7.59. The van der Waals surface area contributed by atoms with Crippen LogP contribution < -0.4 is 4.74 Å². The minimum Gasteiger partial charge on any atom is -0.497 e. The van der Waals surface area contributed by atoms with Crippen LogP contribution in [0.1, 0.15) is 43.0 Å². The van der Waals surface area contributed by atoms with E-state index in [2.05, 4.69) is 0 Å². The summed E-state index contributed by atoms with van der Waals surface area (Å²) < 4.78 is 5.03. The standard InChI is InChI=1S/C17H21NO5/c1-17(16(21)22)10-3-11-18(17)15(20)9-8-14(19)12-4-6-13(23-2)7-5-12/h4-7H,3,8-11H2,1-2H3,(H,21,22). The lowest BCUT2D eigenvalue weighted by molar-refractivity contribution is -0.155. The van der Waals surface area contributed by atoms with Gasteiger partial charge in [0.05, 0.1) is 7.11 Å². The summed E-state index contributed by atoms with van der Waals surface area (Å²) in [7, 11) is 1.55. The zero-order valence-corrected chi connectivity index (χ0v) is 13.4. The number of nitrogens with zero attached hydrogens (tertiary/aromatic N) is 1. The fourth-order valence-electron chi connectivity index (χ4n) is 2.86. The largest absolute Gasteiger partial charge is 0.497 e. The fraction of sp³-hybridized carbons (Fsp3) is 0.471. The molecule has 124 valence electrons. The predicted molar refractivity (Wildman–Crippen MR) is 83.5 cm³/mol. The van der Waals surface area contributed by atoms with E-state index < -0.39 is 11.5 Å². The van der Waals surface area contributed by atoms with E-state index in [1.54, 1.807) is 38.3 Å². The summed E-state index contributed by atoms with van der Waals surface area (Å²) in [5.74, 6) is -0.761. The van der Waals surface area contributed by atoms with E-state index in [9.17, 15) is 19.5 Å². The van der Waals surface area contributed by atoms with Crippen molar-refractivity contribution in [2.24, 2.45) is 0 Å². The molecule has 1 aliphatic heterocycles. The van der Waals surface area contributed by atoms with Gasteiger partial charge in [-0.1, -0.05) is 0 Å². The maximum atomic E-state index is 12.3. The molecule has 1 atom stereocenters. The summed E-state index contributed by atoms with van der Waals surface area (Å²) in [5, 5.41) is 9.32. The first kappa shape index (κ1) is 17.0. The third kappa shape index (κ3) is 3.52. The number of hydrogen-bond acceptors (Lipinski definition) is 4. The highest BCUT2D eigenvalue weighted by Gasteiger charge is 2.45. The summed E-state index contributed by atoms with van der Waals surface area (Å²) in [6.07, 6.45) is 1.20. The second kappa shape index (κ2) is 6.81. The van der Waals surface area contributed by atoms with Gasteiger partial charge in [-0.15, -0.1) is 0 Å². The van der Waals surface area contributed by atoms with Crippen molar-refractivity contribution in [3.05, 3.63) is 29.8 Å². The lowest BCUT2D eigenvalue weighted by Crippen LogP contribution is -2.50.